The SMILES string of the molecule is O=C(C[NH+]1CCC(c2nc3ccccc3s2)CC1)NNC(=O)c1ccco1. The topological polar surface area (TPSA) is 88.7 Å². The number of likely N-dealkylation sites (tertiary alicyclic amines) is 1. The smallest absolute Gasteiger partial charge is 0.305 e. The number of nitrogens with one attached hydrogen (secondary N) is 3. The van der Waals surface area contributed by atoms with Crippen molar-refractivity contribution in [2.24, 2.45) is 0 Å². The number of quaternary nitrogens is 1. The van der Waals surface area contributed by atoms with E-state index in [1.165, 1.54) is 20.9 Å². The summed E-state index contributed by atoms with van der Waals surface area (Å²) >= 11 is 1.77. The van der Waals surface area contributed by atoms with Crippen molar-refractivity contribution in [1.29, 1.82) is 0 Å². The number of benzene rings is 1. The van der Waals surface area contributed by atoms with Crippen molar-refractivity contribution in [3.05, 3.63) is 53.4 Å². The van der Waals surface area contributed by atoms with Crippen molar-refractivity contribution in [2.45, 2.75) is 18.8 Å². The van der Waals surface area contributed by atoms with Crippen LogP contribution < -0.4 is 15.8 Å². The summed E-state index contributed by atoms with van der Waals surface area (Å²) in [5.74, 6) is -0.0339. The lowest BCUT2D eigenvalue weighted by molar-refractivity contribution is -0.897. The Balaban J connectivity index is 1.24. The second-order valence-electron chi connectivity index (χ2n) is 6.70. The highest BCUT2D eigenvalue weighted by molar-refractivity contribution is 7.18. The van der Waals surface area contributed by atoms with Crippen LogP contribution in [0.3, 0.4) is 0 Å². The van der Waals surface area contributed by atoms with Crippen molar-refractivity contribution >= 4 is 33.4 Å². The number of amides is 2. The van der Waals surface area contributed by atoms with E-state index in [0.717, 1.165) is 31.4 Å². The molecule has 1 aliphatic rings. The number of para-hydroxylation sites is 1. The lowest BCUT2D eigenvalue weighted by Crippen LogP contribution is -3.14. The predicted molar refractivity (Wildman–Crippen MR) is 101 cm³/mol. The van der Waals surface area contributed by atoms with Gasteiger partial charge in [0.05, 0.1) is 34.6 Å². The van der Waals surface area contributed by atoms with Crippen LogP contribution in [0.25, 0.3) is 10.2 Å². The van der Waals surface area contributed by atoms with Gasteiger partial charge in [0.25, 0.3) is 5.91 Å². The average molecular weight is 385 g/mol. The van der Waals surface area contributed by atoms with Crippen LogP contribution in [0.5, 0.6) is 0 Å². The molecule has 0 saturated carbocycles. The number of hydrazine groups is 1. The molecule has 4 rings (SSSR count). The molecule has 0 unspecified atom stereocenters. The van der Waals surface area contributed by atoms with Gasteiger partial charge in [-0.15, -0.1) is 11.3 Å². The van der Waals surface area contributed by atoms with E-state index in [1.807, 2.05) is 12.1 Å². The number of carbonyl (C=O) groups excluding carboxylic acids is 2. The highest BCUT2D eigenvalue weighted by Gasteiger charge is 2.27. The van der Waals surface area contributed by atoms with E-state index in [0.29, 0.717) is 12.5 Å². The van der Waals surface area contributed by atoms with Gasteiger partial charge >= 0.3 is 5.91 Å². The standard InChI is InChI=1S/C19H20N4O3S/c24-17(21-22-18(25)15-5-3-11-26-15)12-23-9-7-13(8-10-23)19-20-14-4-1-2-6-16(14)27-19/h1-6,11,13H,7-10,12H2,(H,21,24)(H,22,25)/p+1. The molecule has 7 nitrogen and oxygen atoms in total. The first-order chi connectivity index (χ1) is 13.2. The van der Waals surface area contributed by atoms with Gasteiger partial charge in [0, 0.05) is 18.8 Å². The Morgan fingerprint density at radius 3 is 2.70 bits per heavy atom. The maximum atomic E-state index is 12.1. The van der Waals surface area contributed by atoms with Gasteiger partial charge in [-0.05, 0) is 24.3 Å². The molecule has 0 bridgehead atoms. The molecule has 27 heavy (non-hydrogen) atoms. The average Bonchev–Trinajstić information content (AvgIpc) is 3.36. The van der Waals surface area contributed by atoms with Crippen molar-refractivity contribution in [2.75, 3.05) is 19.6 Å². The van der Waals surface area contributed by atoms with Crippen LogP contribution in [0.2, 0.25) is 0 Å². The number of thiazole rings is 1. The van der Waals surface area contributed by atoms with Crippen LogP contribution in [0.4, 0.5) is 0 Å². The molecule has 8 heteroatoms. The largest absolute Gasteiger partial charge is 0.459 e. The van der Waals surface area contributed by atoms with Gasteiger partial charge in [-0.1, -0.05) is 12.1 Å². The molecule has 2 amide bonds. The summed E-state index contributed by atoms with van der Waals surface area (Å²) in [5.41, 5.74) is 5.89. The molecule has 0 atom stereocenters. The number of aromatic nitrogens is 1. The van der Waals surface area contributed by atoms with Gasteiger partial charge in [0.2, 0.25) is 0 Å². The zero-order chi connectivity index (χ0) is 18.6. The molecule has 3 N–H and O–H groups in total. The summed E-state index contributed by atoms with van der Waals surface area (Å²) in [6.07, 6.45) is 3.44. The summed E-state index contributed by atoms with van der Waals surface area (Å²) in [6.45, 7) is 2.17. The molecule has 0 radical (unpaired) electrons. The van der Waals surface area contributed by atoms with Crippen molar-refractivity contribution < 1.29 is 18.9 Å². The zero-order valence-corrected chi connectivity index (χ0v) is 15.6. The molecule has 1 aliphatic heterocycles. The van der Waals surface area contributed by atoms with Gasteiger partial charge in [-0.25, -0.2) is 4.98 Å². The second-order valence-corrected chi connectivity index (χ2v) is 7.76. The van der Waals surface area contributed by atoms with Gasteiger partial charge in [0.1, 0.15) is 0 Å². The molecule has 1 aromatic carbocycles. The first kappa shape index (κ1) is 17.7. The van der Waals surface area contributed by atoms with Crippen LogP contribution in [0.1, 0.15) is 34.3 Å². The molecular formula is C19H21N4O3S+. The van der Waals surface area contributed by atoms with Gasteiger partial charge in [-0.2, -0.15) is 0 Å². The third-order valence-electron chi connectivity index (χ3n) is 4.82. The van der Waals surface area contributed by atoms with E-state index in [9.17, 15) is 9.59 Å². The normalized spacial score (nSPS) is 19.7. The summed E-state index contributed by atoms with van der Waals surface area (Å²) < 4.78 is 6.21. The molecular weight excluding hydrogens is 364 g/mol. The third-order valence-corrected chi connectivity index (χ3v) is 6.02. The summed E-state index contributed by atoms with van der Waals surface area (Å²) in [7, 11) is 0. The second kappa shape index (κ2) is 7.89. The van der Waals surface area contributed by atoms with E-state index in [1.54, 1.807) is 23.5 Å². The minimum Gasteiger partial charge on any atom is -0.459 e. The van der Waals surface area contributed by atoms with Crippen LogP contribution in [-0.4, -0.2) is 36.4 Å². The number of piperidine rings is 1. The number of furan rings is 1. The number of rotatable bonds is 4. The molecule has 0 aliphatic carbocycles. The molecule has 3 aromatic rings. The Morgan fingerprint density at radius 2 is 1.96 bits per heavy atom. The Morgan fingerprint density at radius 1 is 1.15 bits per heavy atom. The van der Waals surface area contributed by atoms with Crippen molar-refractivity contribution in [1.82, 2.24) is 15.8 Å². The number of hydrogen-bond donors (Lipinski definition) is 3. The lowest BCUT2D eigenvalue weighted by Gasteiger charge is -2.27. The Hall–Kier alpha value is -2.71. The van der Waals surface area contributed by atoms with Gasteiger partial charge in [0.15, 0.2) is 12.3 Å². The molecule has 0 spiro atoms. The molecule has 3 heterocycles. The predicted octanol–water partition coefficient (Wildman–Crippen LogP) is 1.11. The fourth-order valence-corrected chi connectivity index (χ4v) is 4.52. The highest BCUT2D eigenvalue weighted by atomic mass is 32.1. The summed E-state index contributed by atoms with van der Waals surface area (Å²) in [5, 5.41) is 1.20. The Bertz CT molecular complexity index is 896. The Labute approximate surface area is 160 Å². The molecule has 140 valence electrons. The fourth-order valence-electron chi connectivity index (χ4n) is 3.38. The lowest BCUT2D eigenvalue weighted by atomic mass is 9.97. The van der Waals surface area contributed by atoms with Gasteiger partial charge < -0.3 is 9.32 Å². The highest BCUT2D eigenvalue weighted by Crippen LogP contribution is 2.31. The van der Waals surface area contributed by atoms with Gasteiger partial charge in [-0.3, -0.25) is 20.4 Å². The monoisotopic (exact) mass is 385 g/mol. The van der Waals surface area contributed by atoms with Crippen molar-refractivity contribution in [3.8, 4) is 0 Å². The van der Waals surface area contributed by atoms with E-state index in [-0.39, 0.29) is 11.7 Å². The minimum atomic E-state index is -0.460. The first-order valence-electron chi connectivity index (χ1n) is 9.01. The minimum absolute atomic E-state index is 0.166. The maximum absolute atomic E-state index is 12.1. The zero-order valence-electron chi connectivity index (χ0n) is 14.7. The number of carbonyl (C=O) groups is 2. The van der Waals surface area contributed by atoms with Crippen LogP contribution in [-0.2, 0) is 4.79 Å². The molecule has 1 fully saturated rings. The van der Waals surface area contributed by atoms with Crippen molar-refractivity contribution in [3.63, 3.8) is 0 Å². The fraction of sp³-hybridized carbons (Fsp3) is 0.316. The summed E-state index contributed by atoms with van der Waals surface area (Å²) in [6, 6.07) is 11.4. The number of hydrogen-bond acceptors (Lipinski definition) is 5. The van der Waals surface area contributed by atoms with Crippen LogP contribution >= 0.6 is 11.3 Å². The van der Waals surface area contributed by atoms with E-state index >= 15 is 0 Å². The van der Waals surface area contributed by atoms with Crippen LogP contribution in [0.15, 0.2) is 47.1 Å². The molecule has 2 aromatic heterocycles. The summed E-state index contributed by atoms with van der Waals surface area (Å²) in [4.78, 5) is 29.8. The quantitative estimate of drug-likeness (QED) is 0.587. The van der Waals surface area contributed by atoms with E-state index < -0.39 is 5.91 Å². The number of nitrogens with zero attached hydrogens (tertiary/aromatic N) is 1. The Kier molecular flexibility index (Phi) is 5.17. The molecule has 1 saturated heterocycles. The van der Waals surface area contributed by atoms with Crippen LogP contribution in [0, 0.1) is 0 Å². The van der Waals surface area contributed by atoms with E-state index in [4.69, 9.17) is 9.40 Å². The maximum Gasteiger partial charge on any atom is 0.305 e. The number of fused-ring (bicyclic) bond motifs is 1. The third kappa shape index (κ3) is 4.17. The van der Waals surface area contributed by atoms with E-state index in [2.05, 4.69) is 23.0 Å². The first-order valence-corrected chi connectivity index (χ1v) is 9.82.